The minimum absolute atomic E-state index is 0.175. The van der Waals surface area contributed by atoms with Gasteiger partial charge in [0.25, 0.3) is 0 Å². The maximum Gasteiger partial charge on any atom is 0.225 e. The van der Waals surface area contributed by atoms with Gasteiger partial charge in [0.15, 0.2) is 0 Å². The minimum atomic E-state index is 0.175. The Labute approximate surface area is 138 Å². The molecule has 0 radical (unpaired) electrons. The van der Waals surface area contributed by atoms with Crippen LogP contribution < -0.4 is 0 Å². The van der Waals surface area contributed by atoms with Gasteiger partial charge in [-0.15, -0.1) is 0 Å². The molecule has 1 amide bonds. The Balaban J connectivity index is 1.70. The first kappa shape index (κ1) is 16.0. The highest BCUT2D eigenvalue weighted by molar-refractivity contribution is 5.79. The average molecular weight is 311 g/mol. The Morgan fingerprint density at radius 1 is 1.43 bits per heavy atom. The molecule has 1 aliphatic heterocycles. The number of benzene rings is 1. The predicted octanol–water partition coefficient (Wildman–Crippen LogP) is 2.64. The van der Waals surface area contributed by atoms with E-state index in [-0.39, 0.29) is 11.3 Å². The molecule has 2 atom stereocenters. The monoisotopic (exact) mass is 311 g/mol. The van der Waals surface area contributed by atoms with Crippen molar-refractivity contribution in [2.24, 2.45) is 11.3 Å². The molecule has 4 heteroatoms. The Hall–Kier alpha value is -1.86. The van der Waals surface area contributed by atoms with Crippen LogP contribution in [0.2, 0.25) is 0 Å². The SMILES string of the molecule is CN(C)C(=O)C1CCCC12CCN(Cc1cccc(C#N)c1)C2. The number of nitriles is 1. The molecule has 1 saturated heterocycles. The van der Waals surface area contributed by atoms with E-state index in [4.69, 9.17) is 5.26 Å². The van der Waals surface area contributed by atoms with Crippen molar-refractivity contribution in [1.29, 1.82) is 5.26 Å². The number of hydrogen-bond donors (Lipinski definition) is 0. The molecule has 1 aromatic carbocycles. The van der Waals surface area contributed by atoms with Crippen molar-refractivity contribution in [2.45, 2.75) is 32.2 Å². The number of carbonyl (C=O) groups is 1. The second-order valence-corrected chi connectivity index (χ2v) is 7.31. The van der Waals surface area contributed by atoms with Gasteiger partial charge in [0.1, 0.15) is 0 Å². The summed E-state index contributed by atoms with van der Waals surface area (Å²) in [4.78, 5) is 16.7. The van der Waals surface area contributed by atoms with E-state index < -0.39 is 0 Å². The van der Waals surface area contributed by atoms with Crippen LogP contribution in [0.5, 0.6) is 0 Å². The second-order valence-electron chi connectivity index (χ2n) is 7.31. The Morgan fingerprint density at radius 2 is 2.26 bits per heavy atom. The molecule has 122 valence electrons. The summed E-state index contributed by atoms with van der Waals surface area (Å²) in [6.45, 7) is 2.93. The van der Waals surface area contributed by atoms with Gasteiger partial charge in [0, 0.05) is 33.1 Å². The number of likely N-dealkylation sites (tertiary alicyclic amines) is 1. The van der Waals surface area contributed by atoms with Gasteiger partial charge in [0.2, 0.25) is 5.91 Å². The van der Waals surface area contributed by atoms with Gasteiger partial charge in [-0.3, -0.25) is 9.69 Å². The highest BCUT2D eigenvalue weighted by Gasteiger charge is 2.50. The molecule has 3 rings (SSSR count). The fourth-order valence-corrected chi connectivity index (χ4v) is 4.44. The molecular weight excluding hydrogens is 286 g/mol. The molecule has 2 fully saturated rings. The van der Waals surface area contributed by atoms with Crippen LogP contribution >= 0.6 is 0 Å². The maximum absolute atomic E-state index is 12.5. The van der Waals surface area contributed by atoms with E-state index in [1.54, 1.807) is 4.90 Å². The van der Waals surface area contributed by atoms with E-state index in [9.17, 15) is 4.79 Å². The van der Waals surface area contributed by atoms with Crippen molar-refractivity contribution in [3.8, 4) is 6.07 Å². The third-order valence-electron chi connectivity index (χ3n) is 5.57. The predicted molar refractivity (Wildman–Crippen MR) is 89.5 cm³/mol. The lowest BCUT2D eigenvalue weighted by Gasteiger charge is -2.32. The molecule has 2 aliphatic rings. The van der Waals surface area contributed by atoms with Crippen LogP contribution in [-0.2, 0) is 11.3 Å². The van der Waals surface area contributed by atoms with Gasteiger partial charge in [-0.25, -0.2) is 0 Å². The topological polar surface area (TPSA) is 47.3 Å². The first-order chi connectivity index (χ1) is 11.0. The third kappa shape index (κ3) is 3.11. The summed E-state index contributed by atoms with van der Waals surface area (Å²) in [5.41, 5.74) is 2.08. The lowest BCUT2D eigenvalue weighted by molar-refractivity contribution is -0.136. The Bertz CT molecular complexity index is 634. The molecule has 23 heavy (non-hydrogen) atoms. The molecule has 1 aromatic rings. The highest BCUT2D eigenvalue weighted by Crippen LogP contribution is 2.50. The van der Waals surface area contributed by atoms with E-state index >= 15 is 0 Å². The number of rotatable bonds is 3. The summed E-state index contributed by atoms with van der Waals surface area (Å²) in [5.74, 6) is 0.490. The summed E-state index contributed by atoms with van der Waals surface area (Å²) in [6, 6.07) is 10.1. The number of hydrogen-bond acceptors (Lipinski definition) is 3. The Kier molecular flexibility index (Phi) is 4.41. The van der Waals surface area contributed by atoms with Crippen molar-refractivity contribution >= 4 is 5.91 Å². The fourth-order valence-electron chi connectivity index (χ4n) is 4.44. The fraction of sp³-hybridized carbons (Fsp3) is 0.579. The zero-order valence-electron chi connectivity index (χ0n) is 14.1. The van der Waals surface area contributed by atoms with Crippen LogP contribution in [0.4, 0.5) is 0 Å². The molecule has 1 heterocycles. The summed E-state index contributed by atoms with van der Waals surface area (Å²) in [7, 11) is 3.74. The lowest BCUT2D eigenvalue weighted by Crippen LogP contribution is -2.40. The summed E-state index contributed by atoms with van der Waals surface area (Å²) in [5, 5.41) is 9.03. The van der Waals surface area contributed by atoms with Gasteiger partial charge in [-0.05, 0) is 48.9 Å². The van der Waals surface area contributed by atoms with Gasteiger partial charge in [-0.1, -0.05) is 18.6 Å². The van der Waals surface area contributed by atoms with Crippen LogP contribution in [0, 0.1) is 22.7 Å². The standard InChI is InChI=1S/C19H25N3O/c1-21(2)18(23)17-7-4-8-19(17)9-10-22(14-19)13-16-6-3-5-15(11-16)12-20/h3,5-6,11,17H,4,7-10,13-14H2,1-2H3. The van der Waals surface area contributed by atoms with E-state index in [0.29, 0.717) is 5.91 Å². The molecule has 0 aromatic heterocycles. The van der Waals surface area contributed by atoms with E-state index in [1.807, 2.05) is 32.3 Å². The second kappa shape index (κ2) is 6.33. The quantitative estimate of drug-likeness (QED) is 0.862. The van der Waals surface area contributed by atoms with E-state index in [1.165, 1.54) is 18.4 Å². The van der Waals surface area contributed by atoms with E-state index in [2.05, 4.69) is 17.0 Å². The Morgan fingerprint density at radius 3 is 3.00 bits per heavy atom. The molecule has 0 N–H and O–H groups in total. The van der Waals surface area contributed by atoms with Crippen LogP contribution in [0.3, 0.4) is 0 Å². The van der Waals surface area contributed by atoms with Crippen molar-refractivity contribution in [1.82, 2.24) is 9.80 Å². The lowest BCUT2D eigenvalue weighted by atomic mass is 9.76. The average Bonchev–Trinajstić information content (AvgIpc) is 3.14. The first-order valence-electron chi connectivity index (χ1n) is 8.47. The molecule has 1 aliphatic carbocycles. The third-order valence-corrected chi connectivity index (χ3v) is 5.57. The van der Waals surface area contributed by atoms with Crippen LogP contribution in [0.15, 0.2) is 24.3 Å². The normalized spacial score (nSPS) is 27.3. The summed E-state index contributed by atoms with van der Waals surface area (Å²) < 4.78 is 0. The van der Waals surface area contributed by atoms with Gasteiger partial charge in [-0.2, -0.15) is 5.26 Å². The molecular formula is C19H25N3O. The minimum Gasteiger partial charge on any atom is -0.349 e. The van der Waals surface area contributed by atoms with Crippen LogP contribution in [0.1, 0.15) is 36.8 Å². The molecule has 4 nitrogen and oxygen atoms in total. The number of carbonyl (C=O) groups excluding carboxylic acids is 1. The molecule has 1 spiro atoms. The molecule has 2 unspecified atom stereocenters. The van der Waals surface area contributed by atoms with E-state index in [0.717, 1.165) is 38.0 Å². The smallest absolute Gasteiger partial charge is 0.225 e. The van der Waals surface area contributed by atoms with Crippen molar-refractivity contribution < 1.29 is 4.79 Å². The van der Waals surface area contributed by atoms with Crippen molar-refractivity contribution in [3.05, 3.63) is 35.4 Å². The zero-order valence-corrected chi connectivity index (χ0v) is 14.1. The molecule has 0 bridgehead atoms. The van der Waals surface area contributed by atoms with Gasteiger partial charge < -0.3 is 4.90 Å². The van der Waals surface area contributed by atoms with Gasteiger partial charge >= 0.3 is 0 Å². The number of amides is 1. The van der Waals surface area contributed by atoms with Crippen LogP contribution in [0.25, 0.3) is 0 Å². The zero-order chi connectivity index (χ0) is 16.4. The summed E-state index contributed by atoms with van der Waals surface area (Å²) >= 11 is 0. The maximum atomic E-state index is 12.5. The summed E-state index contributed by atoms with van der Waals surface area (Å²) in [6.07, 6.45) is 4.50. The largest absolute Gasteiger partial charge is 0.349 e. The van der Waals surface area contributed by atoms with Crippen LogP contribution in [-0.4, -0.2) is 42.9 Å². The van der Waals surface area contributed by atoms with Crippen molar-refractivity contribution in [2.75, 3.05) is 27.2 Å². The first-order valence-corrected chi connectivity index (χ1v) is 8.47. The number of nitrogens with zero attached hydrogens (tertiary/aromatic N) is 3. The highest BCUT2D eigenvalue weighted by atomic mass is 16.2. The van der Waals surface area contributed by atoms with Crippen molar-refractivity contribution in [3.63, 3.8) is 0 Å². The van der Waals surface area contributed by atoms with Gasteiger partial charge in [0.05, 0.1) is 11.6 Å². The molecule has 1 saturated carbocycles.